The Kier molecular flexibility index (Phi) is 3.65. The van der Waals surface area contributed by atoms with Crippen molar-refractivity contribution in [2.45, 2.75) is 19.4 Å². The van der Waals surface area contributed by atoms with Crippen molar-refractivity contribution in [3.05, 3.63) is 35.7 Å². The Bertz CT molecular complexity index is 801. The molecule has 1 aliphatic rings. The third-order valence-corrected chi connectivity index (χ3v) is 5.39. The van der Waals surface area contributed by atoms with Crippen molar-refractivity contribution in [1.82, 2.24) is 25.5 Å². The lowest BCUT2D eigenvalue weighted by atomic mass is 10.1. The van der Waals surface area contributed by atoms with Gasteiger partial charge < -0.3 is 5.32 Å². The number of carbonyl (C=O) groups excluding carboxylic acids is 1. The lowest BCUT2D eigenvalue weighted by Gasteiger charge is -2.12. The van der Waals surface area contributed by atoms with Crippen molar-refractivity contribution in [3.8, 4) is 5.69 Å². The van der Waals surface area contributed by atoms with Crippen LogP contribution in [0.15, 0.2) is 24.5 Å². The number of tetrazole rings is 1. The predicted octanol–water partition coefficient (Wildman–Crippen LogP) is -0.112. The molecule has 0 bridgehead atoms. The van der Waals surface area contributed by atoms with Crippen LogP contribution in [0.1, 0.15) is 22.3 Å². The van der Waals surface area contributed by atoms with E-state index in [1.807, 2.05) is 6.92 Å². The molecule has 1 saturated heterocycles. The molecule has 0 radical (unpaired) electrons. The van der Waals surface area contributed by atoms with Gasteiger partial charge in [0.25, 0.3) is 5.91 Å². The summed E-state index contributed by atoms with van der Waals surface area (Å²) < 4.78 is 24.3. The Balaban J connectivity index is 1.75. The van der Waals surface area contributed by atoms with Gasteiger partial charge in [0, 0.05) is 11.6 Å². The van der Waals surface area contributed by atoms with Gasteiger partial charge in [0.05, 0.1) is 17.2 Å². The number of nitrogens with zero attached hydrogens (tertiary/aromatic N) is 4. The summed E-state index contributed by atoms with van der Waals surface area (Å²) in [5.41, 5.74) is 2.11. The van der Waals surface area contributed by atoms with Gasteiger partial charge in [-0.2, -0.15) is 0 Å². The number of aryl methyl sites for hydroxylation is 1. The van der Waals surface area contributed by atoms with E-state index in [0.29, 0.717) is 12.0 Å². The molecule has 1 amide bonds. The van der Waals surface area contributed by atoms with Gasteiger partial charge in [-0.1, -0.05) is 0 Å². The average molecular weight is 321 g/mol. The normalized spacial score (nSPS) is 20.0. The molecule has 1 fully saturated rings. The molecular weight excluding hydrogens is 306 g/mol. The van der Waals surface area contributed by atoms with Crippen LogP contribution < -0.4 is 5.32 Å². The number of hydrogen-bond donors (Lipinski definition) is 1. The molecular formula is C13H15N5O3S. The number of aromatic nitrogens is 4. The first kappa shape index (κ1) is 14.6. The molecule has 9 heteroatoms. The van der Waals surface area contributed by atoms with Crippen molar-refractivity contribution < 1.29 is 13.2 Å². The van der Waals surface area contributed by atoms with Gasteiger partial charge in [-0.05, 0) is 47.5 Å². The van der Waals surface area contributed by atoms with Gasteiger partial charge in [0.15, 0.2) is 9.84 Å². The molecule has 2 heterocycles. The fourth-order valence-electron chi connectivity index (χ4n) is 2.50. The van der Waals surface area contributed by atoms with E-state index >= 15 is 0 Å². The average Bonchev–Trinajstić information content (AvgIpc) is 3.08. The number of carbonyl (C=O) groups is 1. The SMILES string of the molecule is Cc1cc(C(=O)NC2CCS(=O)(=O)C2)ccc1-n1cnnn1. The Morgan fingerprint density at radius 2 is 2.23 bits per heavy atom. The molecule has 1 aromatic heterocycles. The van der Waals surface area contributed by atoms with Crippen molar-refractivity contribution in [2.24, 2.45) is 0 Å². The van der Waals surface area contributed by atoms with Crippen molar-refractivity contribution in [2.75, 3.05) is 11.5 Å². The topological polar surface area (TPSA) is 107 Å². The van der Waals surface area contributed by atoms with E-state index in [0.717, 1.165) is 11.3 Å². The summed E-state index contributed by atoms with van der Waals surface area (Å²) in [4.78, 5) is 12.2. The molecule has 1 aromatic carbocycles. The van der Waals surface area contributed by atoms with E-state index in [1.54, 1.807) is 18.2 Å². The summed E-state index contributed by atoms with van der Waals surface area (Å²) in [5, 5.41) is 13.7. The summed E-state index contributed by atoms with van der Waals surface area (Å²) >= 11 is 0. The number of benzene rings is 1. The van der Waals surface area contributed by atoms with Gasteiger partial charge in [0.2, 0.25) is 0 Å². The van der Waals surface area contributed by atoms with Gasteiger partial charge in [-0.15, -0.1) is 5.10 Å². The van der Waals surface area contributed by atoms with Crippen LogP contribution in [0, 0.1) is 6.92 Å². The molecule has 0 spiro atoms. The predicted molar refractivity (Wildman–Crippen MR) is 78.4 cm³/mol. The molecule has 0 saturated carbocycles. The fraction of sp³-hybridized carbons (Fsp3) is 0.385. The van der Waals surface area contributed by atoms with Crippen molar-refractivity contribution >= 4 is 15.7 Å². The second-order valence-electron chi connectivity index (χ2n) is 5.33. The van der Waals surface area contributed by atoms with Crippen LogP contribution in [0.3, 0.4) is 0 Å². The summed E-state index contributed by atoms with van der Waals surface area (Å²) in [5.74, 6) is -0.121. The standard InChI is InChI=1S/C13H15N5O3S/c1-9-6-10(2-3-12(9)18-8-14-16-17-18)13(19)15-11-4-5-22(20,21)7-11/h2-3,6,8,11H,4-5,7H2,1H3,(H,15,19). The Labute approximate surface area is 127 Å². The van der Waals surface area contributed by atoms with Gasteiger partial charge in [-0.3, -0.25) is 4.79 Å². The number of hydrogen-bond acceptors (Lipinski definition) is 6. The molecule has 8 nitrogen and oxygen atoms in total. The second kappa shape index (κ2) is 5.48. The third-order valence-electron chi connectivity index (χ3n) is 3.62. The van der Waals surface area contributed by atoms with E-state index in [4.69, 9.17) is 0 Å². The summed E-state index contributed by atoms with van der Waals surface area (Å²) in [6.45, 7) is 1.85. The zero-order valence-corrected chi connectivity index (χ0v) is 12.7. The first-order valence-corrected chi connectivity index (χ1v) is 8.62. The van der Waals surface area contributed by atoms with Crippen LogP contribution in [0.4, 0.5) is 0 Å². The smallest absolute Gasteiger partial charge is 0.251 e. The number of sulfone groups is 1. The molecule has 1 unspecified atom stereocenters. The van der Waals surface area contributed by atoms with E-state index < -0.39 is 9.84 Å². The summed E-state index contributed by atoms with van der Waals surface area (Å²) in [7, 11) is -3.01. The maximum atomic E-state index is 12.2. The lowest BCUT2D eigenvalue weighted by molar-refractivity contribution is 0.0941. The van der Waals surface area contributed by atoms with Crippen molar-refractivity contribution in [3.63, 3.8) is 0 Å². The van der Waals surface area contributed by atoms with E-state index in [1.165, 1.54) is 11.0 Å². The maximum absolute atomic E-state index is 12.2. The highest BCUT2D eigenvalue weighted by atomic mass is 32.2. The van der Waals surface area contributed by atoms with Gasteiger partial charge in [-0.25, -0.2) is 13.1 Å². The van der Waals surface area contributed by atoms with Gasteiger partial charge >= 0.3 is 0 Å². The third kappa shape index (κ3) is 2.98. The minimum Gasteiger partial charge on any atom is -0.348 e. The number of rotatable bonds is 3. The highest BCUT2D eigenvalue weighted by molar-refractivity contribution is 7.91. The zero-order chi connectivity index (χ0) is 15.7. The Morgan fingerprint density at radius 1 is 1.41 bits per heavy atom. The first-order chi connectivity index (χ1) is 10.4. The molecule has 1 atom stereocenters. The maximum Gasteiger partial charge on any atom is 0.251 e. The van der Waals surface area contributed by atoms with E-state index in [-0.39, 0.29) is 23.5 Å². The van der Waals surface area contributed by atoms with Crippen LogP contribution >= 0.6 is 0 Å². The van der Waals surface area contributed by atoms with Crippen LogP contribution in [0.5, 0.6) is 0 Å². The summed E-state index contributed by atoms with van der Waals surface area (Å²) in [6.07, 6.45) is 1.95. The molecule has 1 aliphatic heterocycles. The van der Waals surface area contributed by atoms with Crippen molar-refractivity contribution in [1.29, 1.82) is 0 Å². The summed E-state index contributed by atoms with van der Waals surface area (Å²) in [6, 6.07) is 4.85. The number of amides is 1. The van der Waals surface area contributed by atoms with E-state index in [2.05, 4.69) is 20.8 Å². The Morgan fingerprint density at radius 3 is 2.82 bits per heavy atom. The minimum atomic E-state index is -3.01. The van der Waals surface area contributed by atoms with E-state index in [9.17, 15) is 13.2 Å². The fourth-order valence-corrected chi connectivity index (χ4v) is 4.18. The molecule has 0 aliphatic carbocycles. The number of nitrogens with one attached hydrogen (secondary N) is 1. The van der Waals surface area contributed by atoms with Crippen LogP contribution in [-0.2, 0) is 9.84 Å². The lowest BCUT2D eigenvalue weighted by Crippen LogP contribution is -2.35. The minimum absolute atomic E-state index is 0.0143. The Hall–Kier alpha value is -2.29. The van der Waals surface area contributed by atoms with Crippen LogP contribution in [0.25, 0.3) is 5.69 Å². The monoisotopic (exact) mass is 321 g/mol. The van der Waals surface area contributed by atoms with Crippen LogP contribution in [-0.4, -0.2) is 52.1 Å². The first-order valence-electron chi connectivity index (χ1n) is 6.80. The quantitative estimate of drug-likeness (QED) is 0.845. The largest absolute Gasteiger partial charge is 0.348 e. The zero-order valence-electron chi connectivity index (χ0n) is 11.9. The van der Waals surface area contributed by atoms with Crippen LogP contribution in [0.2, 0.25) is 0 Å². The highest BCUT2D eigenvalue weighted by Crippen LogP contribution is 2.16. The molecule has 116 valence electrons. The molecule has 2 aromatic rings. The molecule has 22 heavy (non-hydrogen) atoms. The second-order valence-corrected chi connectivity index (χ2v) is 7.56. The highest BCUT2D eigenvalue weighted by Gasteiger charge is 2.29. The van der Waals surface area contributed by atoms with Gasteiger partial charge in [0.1, 0.15) is 6.33 Å². The molecule has 1 N–H and O–H groups in total. The molecule has 3 rings (SSSR count).